The van der Waals surface area contributed by atoms with Crippen molar-refractivity contribution in [2.24, 2.45) is 0 Å². The standard InChI is InChI=1S/C13H14N2O/c1-3-11-9-12(6-5-10(11)2)16-13-14-7-4-8-15-13/h4-9H,3H2,1-2H3. The molecule has 0 aliphatic rings. The van der Waals surface area contributed by atoms with E-state index in [-0.39, 0.29) is 0 Å². The van der Waals surface area contributed by atoms with Gasteiger partial charge in [-0.25, -0.2) is 9.97 Å². The third-order valence-electron chi connectivity index (χ3n) is 2.45. The van der Waals surface area contributed by atoms with Gasteiger partial charge in [-0.15, -0.1) is 0 Å². The lowest BCUT2D eigenvalue weighted by Gasteiger charge is -2.07. The molecule has 1 heterocycles. The van der Waals surface area contributed by atoms with Crippen LogP contribution in [-0.2, 0) is 6.42 Å². The molecule has 2 aromatic rings. The van der Waals surface area contributed by atoms with Crippen molar-refractivity contribution in [3.05, 3.63) is 47.8 Å². The van der Waals surface area contributed by atoms with E-state index in [0.717, 1.165) is 12.2 Å². The maximum absolute atomic E-state index is 5.55. The summed E-state index contributed by atoms with van der Waals surface area (Å²) in [7, 11) is 0. The van der Waals surface area contributed by atoms with Crippen molar-refractivity contribution in [3.8, 4) is 11.8 Å². The van der Waals surface area contributed by atoms with Gasteiger partial charge in [-0.1, -0.05) is 13.0 Å². The number of hydrogen-bond donors (Lipinski definition) is 0. The Labute approximate surface area is 95.1 Å². The van der Waals surface area contributed by atoms with Crippen LogP contribution in [0, 0.1) is 6.92 Å². The van der Waals surface area contributed by atoms with E-state index in [2.05, 4.69) is 29.9 Å². The molecule has 82 valence electrons. The Balaban J connectivity index is 2.22. The first-order chi connectivity index (χ1) is 7.79. The van der Waals surface area contributed by atoms with Crippen LogP contribution in [0.2, 0.25) is 0 Å². The zero-order valence-corrected chi connectivity index (χ0v) is 9.47. The molecule has 0 radical (unpaired) electrons. The Morgan fingerprint density at radius 1 is 1.19 bits per heavy atom. The lowest BCUT2D eigenvalue weighted by Crippen LogP contribution is -1.92. The molecule has 0 aliphatic carbocycles. The maximum atomic E-state index is 5.55. The topological polar surface area (TPSA) is 35.0 Å². The van der Waals surface area contributed by atoms with Crippen LogP contribution in [0.15, 0.2) is 36.7 Å². The number of aryl methyl sites for hydroxylation is 2. The zero-order valence-electron chi connectivity index (χ0n) is 9.47. The molecule has 0 unspecified atom stereocenters. The van der Waals surface area contributed by atoms with E-state index in [1.54, 1.807) is 18.5 Å². The molecule has 1 aromatic carbocycles. The SMILES string of the molecule is CCc1cc(Oc2ncccn2)ccc1C. The summed E-state index contributed by atoms with van der Waals surface area (Å²) in [4.78, 5) is 8.04. The first-order valence-corrected chi connectivity index (χ1v) is 5.34. The Bertz CT molecular complexity index is 469. The van der Waals surface area contributed by atoms with Crippen LogP contribution in [0.3, 0.4) is 0 Å². The molecule has 0 aliphatic heterocycles. The third-order valence-corrected chi connectivity index (χ3v) is 2.45. The van der Waals surface area contributed by atoms with Gasteiger partial charge in [0.15, 0.2) is 0 Å². The van der Waals surface area contributed by atoms with E-state index in [4.69, 9.17) is 4.74 Å². The second-order valence-corrected chi connectivity index (χ2v) is 3.58. The molecule has 0 atom stereocenters. The largest absolute Gasteiger partial charge is 0.424 e. The highest BCUT2D eigenvalue weighted by Gasteiger charge is 2.02. The van der Waals surface area contributed by atoms with Crippen LogP contribution in [0.25, 0.3) is 0 Å². The summed E-state index contributed by atoms with van der Waals surface area (Å²) in [6.45, 7) is 4.23. The highest BCUT2D eigenvalue weighted by molar-refractivity contribution is 5.35. The second kappa shape index (κ2) is 4.75. The Hall–Kier alpha value is -1.90. The normalized spacial score (nSPS) is 10.1. The number of aromatic nitrogens is 2. The van der Waals surface area contributed by atoms with E-state index in [9.17, 15) is 0 Å². The molecular formula is C13H14N2O. The summed E-state index contributed by atoms with van der Waals surface area (Å²) in [5.74, 6) is 0.786. The average Bonchev–Trinajstić information content (AvgIpc) is 2.33. The summed E-state index contributed by atoms with van der Waals surface area (Å²) in [5.41, 5.74) is 2.57. The molecule has 0 fully saturated rings. The van der Waals surface area contributed by atoms with Gasteiger partial charge in [0.25, 0.3) is 0 Å². The van der Waals surface area contributed by atoms with E-state index < -0.39 is 0 Å². The first kappa shape index (κ1) is 10.6. The van der Waals surface area contributed by atoms with E-state index in [0.29, 0.717) is 6.01 Å². The second-order valence-electron chi connectivity index (χ2n) is 3.58. The zero-order chi connectivity index (χ0) is 11.4. The van der Waals surface area contributed by atoms with Gasteiger partial charge in [0.1, 0.15) is 5.75 Å². The molecule has 0 saturated carbocycles. The predicted molar refractivity (Wildman–Crippen MR) is 62.7 cm³/mol. The highest BCUT2D eigenvalue weighted by Crippen LogP contribution is 2.21. The summed E-state index contributed by atoms with van der Waals surface area (Å²) < 4.78 is 5.55. The maximum Gasteiger partial charge on any atom is 0.321 e. The van der Waals surface area contributed by atoms with Gasteiger partial charge in [-0.2, -0.15) is 0 Å². The summed E-state index contributed by atoms with van der Waals surface area (Å²) in [5, 5.41) is 0. The minimum absolute atomic E-state index is 0.383. The van der Waals surface area contributed by atoms with Gasteiger partial charge in [-0.05, 0) is 42.7 Å². The minimum atomic E-state index is 0.383. The molecule has 0 spiro atoms. The fourth-order valence-corrected chi connectivity index (χ4v) is 1.54. The molecule has 3 nitrogen and oxygen atoms in total. The summed E-state index contributed by atoms with van der Waals surface area (Å²) in [6, 6.07) is 8.17. The average molecular weight is 214 g/mol. The molecule has 0 bridgehead atoms. The number of nitrogens with zero attached hydrogens (tertiary/aromatic N) is 2. The molecular weight excluding hydrogens is 200 g/mol. The summed E-state index contributed by atoms with van der Waals surface area (Å²) in [6.07, 6.45) is 4.33. The van der Waals surface area contributed by atoms with Crippen molar-refractivity contribution in [1.29, 1.82) is 0 Å². The van der Waals surface area contributed by atoms with Crippen molar-refractivity contribution in [2.45, 2.75) is 20.3 Å². The Morgan fingerprint density at radius 3 is 2.62 bits per heavy atom. The van der Waals surface area contributed by atoms with Crippen molar-refractivity contribution >= 4 is 0 Å². The number of ether oxygens (including phenoxy) is 1. The molecule has 0 N–H and O–H groups in total. The molecule has 0 amide bonds. The lowest BCUT2D eigenvalue weighted by atomic mass is 10.1. The summed E-state index contributed by atoms with van der Waals surface area (Å²) >= 11 is 0. The van der Waals surface area contributed by atoms with Crippen molar-refractivity contribution in [1.82, 2.24) is 9.97 Å². The van der Waals surface area contributed by atoms with Crippen molar-refractivity contribution in [3.63, 3.8) is 0 Å². The predicted octanol–water partition coefficient (Wildman–Crippen LogP) is 3.14. The van der Waals surface area contributed by atoms with E-state index in [1.165, 1.54) is 11.1 Å². The molecule has 0 saturated heterocycles. The molecule has 16 heavy (non-hydrogen) atoms. The van der Waals surface area contributed by atoms with Gasteiger partial charge in [0.05, 0.1) is 0 Å². The van der Waals surface area contributed by atoms with E-state index in [1.807, 2.05) is 12.1 Å². The van der Waals surface area contributed by atoms with Gasteiger partial charge in [0.2, 0.25) is 0 Å². The van der Waals surface area contributed by atoms with Crippen molar-refractivity contribution < 1.29 is 4.74 Å². The van der Waals surface area contributed by atoms with Crippen LogP contribution in [0.1, 0.15) is 18.1 Å². The van der Waals surface area contributed by atoms with Gasteiger partial charge in [0, 0.05) is 12.4 Å². The third kappa shape index (κ3) is 2.37. The van der Waals surface area contributed by atoms with E-state index >= 15 is 0 Å². The Kier molecular flexibility index (Phi) is 3.15. The van der Waals surface area contributed by atoms with Crippen LogP contribution >= 0.6 is 0 Å². The number of benzene rings is 1. The minimum Gasteiger partial charge on any atom is -0.424 e. The fraction of sp³-hybridized carbons (Fsp3) is 0.231. The van der Waals surface area contributed by atoms with Gasteiger partial charge >= 0.3 is 6.01 Å². The van der Waals surface area contributed by atoms with Crippen molar-refractivity contribution in [2.75, 3.05) is 0 Å². The monoisotopic (exact) mass is 214 g/mol. The van der Waals surface area contributed by atoms with Gasteiger partial charge < -0.3 is 4.74 Å². The smallest absolute Gasteiger partial charge is 0.321 e. The quantitative estimate of drug-likeness (QED) is 0.787. The fourth-order valence-electron chi connectivity index (χ4n) is 1.54. The Morgan fingerprint density at radius 2 is 1.94 bits per heavy atom. The van der Waals surface area contributed by atoms with Crippen LogP contribution in [0.5, 0.6) is 11.8 Å². The molecule has 2 rings (SSSR count). The number of rotatable bonds is 3. The van der Waals surface area contributed by atoms with Crippen LogP contribution in [0.4, 0.5) is 0 Å². The van der Waals surface area contributed by atoms with Crippen LogP contribution < -0.4 is 4.74 Å². The van der Waals surface area contributed by atoms with Gasteiger partial charge in [-0.3, -0.25) is 0 Å². The lowest BCUT2D eigenvalue weighted by molar-refractivity contribution is 0.441. The molecule has 3 heteroatoms. The van der Waals surface area contributed by atoms with Crippen LogP contribution in [-0.4, -0.2) is 9.97 Å². The number of hydrogen-bond acceptors (Lipinski definition) is 3. The first-order valence-electron chi connectivity index (χ1n) is 5.34. The molecule has 1 aromatic heterocycles. The highest BCUT2D eigenvalue weighted by atomic mass is 16.5.